The number of hydrogen-bond acceptors (Lipinski definition) is 2. The second kappa shape index (κ2) is 7.66. The van der Waals surface area contributed by atoms with E-state index in [1.807, 2.05) is 7.05 Å². The molecule has 1 heterocycles. The summed E-state index contributed by atoms with van der Waals surface area (Å²) in [7, 11) is 2.03. The molecule has 2 nitrogen and oxygen atoms in total. The Morgan fingerprint density at radius 2 is 1.45 bits per heavy atom. The molecule has 3 heteroatoms. The summed E-state index contributed by atoms with van der Waals surface area (Å²) in [5.74, 6) is 0.606. The fraction of sp³-hybridized carbons (Fsp3) is 0.368. The van der Waals surface area contributed by atoms with Crippen molar-refractivity contribution in [2.45, 2.75) is 19.8 Å². The summed E-state index contributed by atoms with van der Waals surface area (Å²) in [5.41, 5.74) is 5.69. The Labute approximate surface area is 140 Å². The SMILES string of the molecule is CNCC(C)CN1c2ccccc2CCc2ccccc21.Cl. The molecule has 0 saturated heterocycles. The van der Waals surface area contributed by atoms with Crippen LogP contribution in [0.4, 0.5) is 11.4 Å². The highest BCUT2D eigenvalue weighted by Gasteiger charge is 2.21. The van der Waals surface area contributed by atoms with Crippen molar-refractivity contribution in [2.75, 3.05) is 25.0 Å². The fourth-order valence-corrected chi connectivity index (χ4v) is 3.29. The first-order valence-corrected chi connectivity index (χ1v) is 7.87. The molecular weight excluding hydrogens is 292 g/mol. The van der Waals surface area contributed by atoms with Gasteiger partial charge in [-0.15, -0.1) is 12.4 Å². The first-order chi connectivity index (χ1) is 10.3. The Bertz CT molecular complexity index is 564. The van der Waals surface area contributed by atoms with E-state index in [1.165, 1.54) is 22.5 Å². The van der Waals surface area contributed by atoms with Gasteiger partial charge in [0.15, 0.2) is 0 Å². The third-order valence-corrected chi connectivity index (χ3v) is 4.28. The summed E-state index contributed by atoms with van der Waals surface area (Å²) in [4.78, 5) is 2.51. The lowest BCUT2D eigenvalue weighted by atomic mass is 10.0. The predicted octanol–water partition coefficient (Wildman–Crippen LogP) is 4.20. The zero-order chi connectivity index (χ0) is 14.7. The van der Waals surface area contributed by atoms with Gasteiger partial charge in [0.05, 0.1) is 0 Å². The minimum Gasteiger partial charge on any atom is -0.341 e. The molecule has 2 aromatic carbocycles. The number of nitrogens with zero attached hydrogens (tertiary/aromatic N) is 1. The van der Waals surface area contributed by atoms with E-state index in [-0.39, 0.29) is 12.4 Å². The highest BCUT2D eigenvalue weighted by molar-refractivity contribution is 5.85. The van der Waals surface area contributed by atoms with Crippen LogP contribution in [0.1, 0.15) is 18.1 Å². The first kappa shape index (κ1) is 16.9. The van der Waals surface area contributed by atoms with Crippen molar-refractivity contribution in [3.05, 3.63) is 59.7 Å². The molecule has 1 N–H and O–H groups in total. The molecule has 1 aliphatic rings. The van der Waals surface area contributed by atoms with Crippen molar-refractivity contribution >= 4 is 23.8 Å². The van der Waals surface area contributed by atoms with Gasteiger partial charge in [0, 0.05) is 17.9 Å². The molecule has 22 heavy (non-hydrogen) atoms. The Morgan fingerprint density at radius 1 is 0.955 bits per heavy atom. The maximum absolute atomic E-state index is 3.29. The molecule has 0 fully saturated rings. The van der Waals surface area contributed by atoms with Crippen molar-refractivity contribution in [1.29, 1.82) is 0 Å². The second-order valence-corrected chi connectivity index (χ2v) is 6.03. The van der Waals surface area contributed by atoms with Crippen LogP contribution in [0.3, 0.4) is 0 Å². The van der Waals surface area contributed by atoms with E-state index in [9.17, 15) is 0 Å². The zero-order valence-electron chi connectivity index (χ0n) is 13.4. The van der Waals surface area contributed by atoms with Gasteiger partial charge in [-0.05, 0) is 55.6 Å². The number of aryl methyl sites for hydroxylation is 2. The number of para-hydroxylation sites is 2. The highest BCUT2D eigenvalue weighted by atomic mass is 35.5. The largest absolute Gasteiger partial charge is 0.341 e. The average Bonchev–Trinajstić information content (AvgIpc) is 2.66. The van der Waals surface area contributed by atoms with Gasteiger partial charge in [0.1, 0.15) is 0 Å². The van der Waals surface area contributed by atoms with Gasteiger partial charge in [-0.2, -0.15) is 0 Å². The Balaban J connectivity index is 0.00000176. The van der Waals surface area contributed by atoms with E-state index in [2.05, 4.69) is 65.7 Å². The van der Waals surface area contributed by atoms with Gasteiger partial charge < -0.3 is 10.2 Å². The molecular formula is C19H25ClN2. The summed E-state index contributed by atoms with van der Waals surface area (Å²) >= 11 is 0. The molecule has 0 bridgehead atoms. The van der Waals surface area contributed by atoms with Crippen LogP contribution in [0.5, 0.6) is 0 Å². The summed E-state index contributed by atoms with van der Waals surface area (Å²) in [6.45, 7) is 4.41. The van der Waals surface area contributed by atoms with E-state index >= 15 is 0 Å². The molecule has 0 aromatic heterocycles. The standard InChI is InChI=1S/C19H24N2.ClH/c1-15(13-20-2)14-21-18-9-5-3-7-16(18)11-12-17-8-4-6-10-19(17)21;/h3-10,15,20H,11-14H2,1-2H3;1H. The van der Waals surface area contributed by atoms with Crippen molar-refractivity contribution in [2.24, 2.45) is 5.92 Å². The third kappa shape index (κ3) is 3.45. The maximum Gasteiger partial charge on any atom is 0.0443 e. The molecule has 0 saturated carbocycles. The Kier molecular flexibility index (Phi) is 5.87. The Hall–Kier alpha value is -1.51. The number of anilines is 2. The van der Waals surface area contributed by atoms with Crippen LogP contribution in [-0.2, 0) is 12.8 Å². The number of fused-ring (bicyclic) bond motifs is 2. The second-order valence-electron chi connectivity index (χ2n) is 6.03. The third-order valence-electron chi connectivity index (χ3n) is 4.28. The molecule has 1 aliphatic heterocycles. The molecule has 0 amide bonds. The normalized spacial score (nSPS) is 14.4. The highest BCUT2D eigenvalue weighted by Crippen LogP contribution is 2.36. The molecule has 3 rings (SSSR count). The van der Waals surface area contributed by atoms with E-state index in [0.29, 0.717) is 5.92 Å². The number of halogens is 1. The number of hydrogen-bond donors (Lipinski definition) is 1. The Morgan fingerprint density at radius 3 is 1.95 bits per heavy atom. The topological polar surface area (TPSA) is 15.3 Å². The average molecular weight is 317 g/mol. The zero-order valence-corrected chi connectivity index (χ0v) is 14.2. The van der Waals surface area contributed by atoms with E-state index in [1.54, 1.807) is 0 Å². The molecule has 1 atom stereocenters. The van der Waals surface area contributed by atoms with E-state index in [0.717, 1.165) is 25.9 Å². The molecule has 1 unspecified atom stereocenters. The van der Waals surface area contributed by atoms with Crippen LogP contribution in [0.2, 0.25) is 0 Å². The van der Waals surface area contributed by atoms with Crippen molar-refractivity contribution < 1.29 is 0 Å². The van der Waals surface area contributed by atoms with E-state index in [4.69, 9.17) is 0 Å². The van der Waals surface area contributed by atoms with Gasteiger partial charge in [-0.25, -0.2) is 0 Å². The van der Waals surface area contributed by atoms with Gasteiger partial charge in [-0.3, -0.25) is 0 Å². The van der Waals surface area contributed by atoms with Gasteiger partial charge in [0.2, 0.25) is 0 Å². The smallest absolute Gasteiger partial charge is 0.0443 e. The predicted molar refractivity (Wildman–Crippen MR) is 97.6 cm³/mol. The van der Waals surface area contributed by atoms with Gasteiger partial charge in [-0.1, -0.05) is 43.3 Å². The van der Waals surface area contributed by atoms with Crippen LogP contribution < -0.4 is 10.2 Å². The quantitative estimate of drug-likeness (QED) is 0.909. The minimum absolute atomic E-state index is 0. The molecule has 0 spiro atoms. The number of benzene rings is 2. The van der Waals surface area contributed by atoms with Crippen molar-refractivity contribution in [1.82, 2.24) is 5.32 Å². The lowest BCUT2D eigenvalue weighted by molar-refractivity contribution is 0.549. The molecule has 0 aliphatic carbocycles. The van der Waals surface area contributed by atoms with Crippen LogP contribution in [-0.4, -0.2) is 20.1 Å². The summed E-state index contributed by atoms with van der Waals surface area (Å²) in [6, 6.07) is 17.7. The monoisotopic (exact) mass is 316 g/mol. The van der Waals surface area contributed by atoms with Crippen LogP contribution >= 0.6 is 12.4 Å². The summed E-state index contributed by atoms with van der Waals surface area (Å²) < 4.78 is 0. The number of rotatable bonds is 4. The van der Waals surface area contributed by atoms with Crippen molar-refractivity contribution in [3.63, 3.8) is 0 Å². The summed E-state index contributed by atoms with van der Waals surface area (Å²) in [6.07, 6.45) is 2.26. The van der Waals surface area contributed by atoms with Gasteiger partial charge >= 0.3 is 0 Å². The summed E-state index contributed by atoms with van der Waals surface area (Å²) in [5, 5.41) is 3.29. The van der Waals surface area contributed by atoms with E-state index < -0.39 is 0 Å². The van der Waals surface area contributed by atoms with Crippen LogP contribution in [0.15, 0.2) is 48.5 Å². The minimum atomic E-state index is 0. The maximum atomic E-state index is 3.29. The molecule has 0 radical (unpaired) electrons. The van der Waals surface area contributed by atoms with Crippen LogP contribution in [0, 0.1) is 5.92 Å². The lowest BCUT2D eigenvalue weighted by Gasteiger charge is -2.29. The molecule has 118 valence electrons. The molecule has 2 aromatic rings. The van der Waals surface area contributed by atoms with Crippen LogP contribution in [0.25, 0.3) is 0 Å². The lowest BCUT2D eigenvalue weighted by Crippen LogP contribution is -2.29. The first-order valence-electron chi connectivity index (χ1n) is 7.87. The fourth-order valence-electron chi connectivity index (χ4n) is 3.29. The van der Waals surface area contributed by atoms with Gasteiger partial charge in [0.25, 0.3) is 0 Å². The van der Waals surface area contributed by atoms with Crippen molar-refractivity contribution in [3.8, 4) is 0 Å². The number of nitrogens with one attached hydrogen (secondary N) is 1.